The second-order valence-electron chi connectivity index (χ2n) is 6.35. The molecule has 0 bridgehead atoms. The first kappa shape index (κ1) is 15.7. The van der Waals surface area contributed by atoms with E-state index in [2.05, 4.69) is 4.90 Å². The Balaban J connectivity index is 1.53. The maximum atomic E-state index is 13.6. The van der Waals surface area contributed by atoms with Crippen molar-refractivity contribution in [2.45, 2.75) is 56.8 Å². The van der Waals surface area contributed by atoms with Crippen LogP contribution in [0.15, 0.2) is 18.2 Å². The van der Waals surface area contributed by atoms with Crippen molar-refractivity contribution in [1.29, 1.82) is 0 Å². The summed E-state index contributed by atoms with van der Waals surface area (Å²) in [4.78, 5) is 2.34. The van der Waals surface area contributed by atoms with E-state index in [1.54, 1.807) is 0 Å². The Hall–Kier alpha value is -1.20. The first-order chi connectivity index (χ1) is 10.6. The molecule has 2 unspecified atom stereocenters. The lowest BCUT2D eigenvalue weighted by Gasteiger charge is -2.41. The highest BCUT2D eigenvalue weighted by Gasteiger charge is 2.32. The van der Waals surface area contributed by atoms with Gasteiger partial charge in [-0.25, -0.2) is 8.78 Å². The van der Waals surface area contributed by atoms with Gasteiger partial charge in [0.05, 0.1) is 6.10 Å². The van der Waals surface area contributed by atoms with Crippen LogP contribution in [0.5, 0.6) is 5.75 Å². The fourth-order valence-electron chi connectivity index (χ4n) is 3.59. The minimum absolute atomic E-state index is 0.0445. The third-order valence-electron chi connectivity index (χ3n) is 4.83. The second kappa shape index (κ2) is 6.92. The van der Waals surface area contributed by atoms with Gasteiger partial charge in [0.1, 0.15) is 11.9 Å². The number of halogens is 2. The van der Waals surface area contributed by atoms with Crippen molar-refractivity contribution in [2.75, 3.05) is 13.1 Å². The molecule has 1 aliphatic heterocycles. The maximum Gasteiger partial charge on any atom is 0.167 e. The predicted octanol–water partition coefficient (Wildman–Crippen LogP) is 3.11. The van der Waals surface area contributed by atoms with Crippen LogP contribution < -0.4 is 4.74 Å². The molecule has 1 aliphatic carbocycles. The third-order valence-corrected chi connectivity index (χ3v) is 4.83. The summed E-state index contributed by atoms with van der Waals surface area (Å²) in [6, 6.07) is 3.67. The Labute approximate surface area is 129 Å². The molecule has 3 rings (SSSR count). The quantitative estimate of drug-likeness (QED) is 0.931. The number of nitrogens with zero attached hydrogens (tertiary/aromatic N) is 1. The average Bonchev–Trinajstić information content (AvgIpc) is 2.51. The molecule has 1 aromatic rings. The highest BCUT2D eigenvalue weighted by atomic mass is 19.1. The van der Waals surface area contributed by atoms with Crippen LogP contribution in [0.4, 0.5) is 8.78 Å². The highest BCUT2D eigenvalue weighted by molar-refractivity contribution is 5.25. The SMILES string of the molecule is OC1CCCCC1N1CCC(Oc2ccc(F)cc2F)CC1. The van der Waals surface area contributed by atoms with Crippen LogP contribution in [0.2, 0.25) is 0 Å². The Morgan fingerprint density at radius 2 is 1.77 bits per heavy atom. The molecule has 5 heteroatoms. The molecule has 2 aliphatic rings. The first-order valence-corrected chi connectivity index (χ1v) is 8.17. The van der Waals surface area contributed by atoms with Crippen LogP contribution >= 0.6 is 0 Å². The molecule has 1 saturated carbocycles. The van der Waals surface area contributed by atoms with E-state index in [1.807, 2.05) is 0 Å². The van der Waals surface area contributed by atoms with E-state index in [0.29, 0.717) is 0 Å². The summed E-state index contributed by atoms with van der Waals surface area (Å²) in [7, 11) is 0. The van der Waals surface area contributed by atoms with Gasteiger partial charge in [-0.3, -0.25) is 4.90 Å². The van der Waals surface area contributed by atoms with Crippen LogP contribution in [-0.4, -0.2) is 41.3 Å². The standard InChI is InChI=1S/C17H23F2NO2/c18-12-5-6-17(14(19)11-12)22-13-7-9-20(10-8-13)15-3-1-2-4-16(15)21/h5-6,11,13,15-16,21H,1-4,7-10H2. The summed E-state index contributed by atoms with van der Waals surface area (Å²) in [5, 5.41) is 10.1. The lowest BCUT2D eigenvalue weighted by molar-refractivity contribution is -0.00740. The van der Waals surface area contributed by atoms with E-state index in [-0.39, 0.29) is 24.0 Å². The van der Waals surface area contributed by atoms with Gasteiger partial charge >= 0.3 is 0 Å². The summed E-state index contributed by atoms with van der Waals surface area (Å²) < 4.78 is 32.2. The topological polar surface area (TPSA) is 32.7 Å². The van der Waals surface area contributed by atoms with Crippen LogP contribution in [0, 0.1) is 11.6 Å². The summed E-state index contributed by atoms with van der Waals surface area (Å²) >= 11 is 0. The molecule has 122 valence electrons. The van der Waals surface area contributed by atoms with Gasteiger partial charge in [-0.2, -0.15) is 0 Å². The number of hydrogen-bond donors (Lipinski definition) is 1. The van der Waals surface area contributed by atoms with E-state index >= 15 is 0 Å². The third kappa shape index (κ3) is 3.58. The molecule has 0 aromatic heterocycles. The monoisotopic (exact) mass is 311 g/mol. The van der Waals surface area contributed by atoms with Gasteiger partial charge in [0.2, 0.25) is 0 Å². The number of aliphatic hydroxyl groups is 1. The maximum absolute atomic E-state index is 13.6. The molecule has 2 atom stereocenters. The molecule has 0 radical (unpaired) electrons. The fourth-order valence-corrected chi connectivity index (χ4v) is 3.59. The molecular weight excluding hydrogens is 288 g/mol. The number of benzene rings is 1. The van der Waals surface area contributed by atoms with Crippen molar-refractivity contribution in [3.63, 3.8) is 0 Å². The number of piperidine rings is 1. The van der Waals surface area contributed by atoms with Crippen LogP contribution in [-0.2, 0) is 0 Å². The molecule has 1 saturated heterocycles. The van der Waals surface area contributed by atoms with Gasteiger partial charge < -0.3 is 9.84 Å². The van der Waals surface area contributed by atoms with Crippen molar-refractivity contribution in [3.05, 3.63) is 29.8 Å². The van der Waals surface area contributed by atoms with Gasteiger partial charge in [-0.05, 0) is 37.8 Å². The summed E-state index contributed by atoms with van der Waals surface area (Å²) in [6.45, 7) is 1.71. The summed E-state index contributed by atoms with van der Waals surface area (Å²) in [6.07, 6.45) is 5.58. The molecule has 1 heterocycles. The molecule has 2 fully saturated rings. The van der Waals surface area contributed by atoms with E-state index < -0.39 is 11.6 Å². The predicted molar refractivity (Wildman–Crippen MR) is 79.8 cm³/mol. The van der Waals surface area contributed by atoms with Crippen molar-refractivity contribution < 1.29 is 18.6 Å². The van der Waals surface area contributed by atoms with Crippen LogP contribution in [0.25, 0.3) is 0 Å². The van der Waals surface area contributed by atoms with Crippen molar-refractivity contribution in [3.8, 4) is 5.75 Å². The van der Waals surface area contributed by atoms with E-state index in [0.717, 1.165) is 51.3 Å². The normalized spacial score (nSPS) is 27.8. The number of likely N-dealkylation sites (tertiary alicyclic amines) is 1. The minimum atomic E-state index is -0.648. The van der Waals surface area contributed by atoms with Gasteiger partial charge in [0.15, 0.2) is 11.6 Å². The van der Waals surface area contributed by atoms with E-state index in [4.69, 9.17) is 4.74 Å². The first-order valence-electron chi connectivity index (χ1n) is 8.17. The average molecular weight is 311 g/mol. The number of aliphatic hydroxyl groups excluding tert-OH is 1. The Bertz CT molecular complexity index is 503. The van der Waals surface area contributed by atoms with Gasteiger partial charge in [-0.15, -0.1) is 0 Å². The van der Waals surface area contributed by atoms with Gasteiger partial charge in [0, 0.05) is 25.2 Å². The number of hydrogen-bond acceptors (Lipinski definition) is 3. The van der Waals surface area contributed by atoms with Crippen molar-refractivity contribution in [2.24, 2.45) is 0 Å². The molecule has 1 aromatic carbocycles. The van der Waals surface area contributed by atoms with Crippen molar-refractivity contribution in [1.82, 2.24) is 4.90 Å². The van der Waals surface area contributed by atoms with E-state index in [9.17, 15) is 13.9 Å². The Morgan fingerprint density at radius 1 is 1.05 bits per heavy atom. The van der Waals surface area contributed by atoms with Crippen LogP contribution in [0.3, 0.4) is 0 Å². The lowest BCUT2D eigenvalue weighted by Crippen LogP contribution is -2.50. The molecule has 3 nitrogen and oxygen atoms in total. The molecular formula is C17H23F2NO2. The zero-order valence-electron chi connectivity index (χ0n) is 12.7. The van der Waals surface area contributed by atoms with Crippen molar-refractivity contribution >= 4 is 0 Å². The number of ether oxygens (including phenoxy) is 1. The molecule has 0 spiro atoms. The summed E-state index contributed by atoms with van der Waals surface area (Å²) in [5.74, 6) is -1.12. The zero-order valence-corrected chi connectivity index (χ0v) is 12.7. The lowest BCUT2D eigenvalue weighted by atomic mass is 9.90. The second-order valence-corrected chi connectivity index (χ2v) is 6.35. The highest BCUT2D eigenvalue weighted by Crippen LogP contribution is 2.28. The Morgan fingerprint density at radius 3 is 2.45 bits per heavy atom. The smallest absolute Gasteiger partial charge is 0.167 e. The molecule has 0 amide bonds. The van der Waals surface area contributed by atoms with Gasteiger partial charge in [0.25, 0.3) is 0 Å². The molecule has 22 heavy (non-hydrogen) atoms. The fraction of sp³-hybridized carbons (Fsp3) is 0.647. The van der Waals surface area contributed by atoms with Crippen LogP contribution in [0.1, 0.15) is 38.5 Å². The Kier molecular flexibility index (Phi) is 4.93. The minimum Gasteiger partial charge on any atom is -0.487 e. The molecule has 1 N–H and O–H groups in total. The van der Waals surface area contributed by atoms with E-state index in [1.165, 1.54) is 18.6 Å². The number of rotatable bonds is 3. The zero-order chi connectivity index (χ0) is 15.5. The summed E-state index contributed by atoms with van der Waals surface area (Å²) in [5.41, 5.74) is 0. The van der Waals surface area contributed by atoms with Gasteiger partial charge in [-0.1, -0.05) is 12.8 Å². The largest absolute Gasteiger partial charge is 0.487 e.